The van der Waals surface area contributed by atoms with E-state index >= 15 is 0 Å². The molecule has 2 aromatic heterocycles. The van der Waals surface area contributed by atoms with Crippen LogP contribution in [0.2, 0.25) is 0 Å². The Balaban J connectivity index is 1.23. The van der Waals surface area contributed by atoms with E-state index in [-0.39, 0.29) is 11.9 Å². The van der Waals surface area contributed by atoms with Crippen LogP contribution >= 0.6 is 0 Å². The largest absolute Gasteiger partial charge is 0.378 e. The van der Waals surface area contributed by atoms with Gasteiger partial charge < -0.3 is 25.2 Å². The normalized spacial score (nSPS) is 13.0. The number of amides is 3. The predicted molar refractivity (Wildman–Crippen MR) is 168 cm³/mol. The molecule has 5 aromatic rings. The summed E-state index contributed by atoms with van der Waals surface area (Å²) < 4.78 is 5.58. The predicted octanol–water partition coefficient (Wildman–Crippen LogP) is 5.54. The number of nitrogens with zero attached hydrogens (tertiary/aromatic N) is 5. The molecule has 2 N–H and O–H groups in total. The summed E-state index contributed by atoms with van der Waals surface area (Å²) in [5.41, 5.74) is 5.46. The van der Waals surface area contributed by atoms with Gasteiger partial charge in [-0.3, -0.25) is 9.78 Å². The number of carbonyl (C=O) groups excluding carboxylic acids is 2. The van der Waals surface area contributed by atoms with E-state index in [9.17, 15) is 9.59 Å². The highest BCUT2D eigenvalue weighted by atomic mass is 16.5. The van der Waals surface area contributed by atoms with Crippen LogP contribution in [0, 0.1) is 0 Å². The zero-order valence-corrected chi connectivity index (χ0v) is 23.9. The summed E-state index contributed by atoms with van der Waals surface area (Å²) in [4.78, 5) is 42.7. The van der Waals surface area contributed by atoms with Gasteiger partial charge in [0.1, 0.15) is 5.82 Å². The summed E-state index contributed by atoms with van der Waals surface area (Å²) in [5.74, 6) is 1.37. The second-order valence-corrected chi connectivity index (χ2v) is 10.4. The number of morpholine rings is 1. The average molecular weight is 574 g/mol. The van der Waals surface area contributed by atoms with Crippen LogP contribution in [0.1, 0.15) is 10.4 Å². The standard InChI is InChI=1S/C33H31N7O3/c1-39(2)32(41)23-7-12-27(13-8-23)36-33(42)35-26-10-5-22(6-11-26)30-37-29-20-24(25-4-3-15-34-21-25)9-14-28(29)31(38-30)40-16-18-43-19-17-40/h3-15,20-21H,16-19H2,1-2H3,(H2,35,36,42). The van der Waals surface area contributed by atoms with Gasteiger partial charge in [-0.15, -0.1) is 0 Å². The van der Waals surface area contributed by atoms with Gasteiger partial charge in [0.15, 0.2) is 5.82 Å². The molecule has 0 aliphatic carbocycles. The van der Waals surface area contributed by atoms with Gasteiger partial charge in [0.25, 0.3) is 5.91 Å². The second-order valence-electron chi connectivity index (χ2n) is 10.4. The fourth-order valence-corrected chi connectivity index (χ4v) is 4.92. The van der Waals surface area contributed by atoms with E-state index in [1.165, 1.54) is 4.90 Å². The molecule has 0 spiro atoms. The van der Waals surface area contributed by atoms with Crippen LogP contribution in [-0.4, -0.2) is 72.2 Å². The molecule has 0 atom stereocenters. The third kappa shape index (κ3) is 6.29. The van der Waals surface area contributed by atoms with Gasteiger partial charge in [-0.25, -0.2) is 14.8 Å². The molecule has 0 saturated carbocycles. The molecular weight excluding hydrogens is 542 g/mol. The molecule has 1 aliphatic heterocycles. The van der Waals surface area contributed by atoms with Crippen molar-refractivity contribution in [3.8, 4) is 22.5 Å². The van der Waals surface area contributed by atoms with E-state index in [1.807, 2.05) is 42.6 Å². The van der Waals surface area contributed by atoms with E-state index in [2.05, 4.69) is 38.7 Å². The topological polar surface area (TPSA) is 113 Å². The number of pyridine rings is 1. The number of ether oxygens (including phenoxy) is 1. The van der Waals surface area contributed by atoms with E-state index in [0.29, 0.717) is 36.0 Å². The summed E-state index contributed by atoms with van der Waals surface area (Å²) in [6.07, 6.45) is 3.60. The molecule has 3 heterocycles. The quantitative estimate of drug-likeness (QED) is 0.274. The lowest BCUT2D eigenvalue weighted by Gasteiger charge is -2.29. The third-order valence-corrected chi connectivity index (χ3v) is 7.18. The van der Waals surface area contributed by atoms with Gasteiger partial charge in [-0.2, -0.15) is 0 Å². The van der Waals surface area contributed by atoms with Crippen molar-refractivity contribution in [3.63, 3.8) is 0 Å². The lowest BCUT2D eigenvalue weighted by Crippen LogP contribution is -2.37. The molecule has 10 heteroatoms. The summed E-state index contributed by atoms with van der Waals surface area (Å²) in [5, 5.41) is 6.62. The van der Waals surface area contributed by atoms with Gasteiger partial charge in [-0.05, 0) is 72.3 Å². The molecule has 1 fully saturated rings. The Kier molecular flexibility index (Phi) is 7.92. The van der Waals surface area contributed by atoms with Crippen LogP contribution < -0.4 is 15.5 Å². The van der Waals surface area contributed by atoms with Crippen molar-refractivity contribution in [3.05, 3.63) is 96.8 Å². The van der Waals surface area contributed by atoms with Gasteiger partial charge >= 0.3 is 6.03 Å². The molecule has 1 saturated heterocycles. The van der Waals surface area contributed by atoms with Crippen LogP contribution in [-0.2, 0) is 4.74 Å². The first-order valence-corrected chi connectivity index (χ1v) is 14.0. The Hall–Kier alpha value is -5.35. The van der Waals surface area contributed by atoms with E-state index < -0.39 is 0 Å². The maximum atomic E-state index is 12.6. The number of anilines is 3. The fraction of sp³-hybridized carbons (Fsp3) is 0.182. The zero-order valence-electron chi connectivity index (χ0n) is 23.9. The lowest BCUT2D eigenvalue weighted by molar-refractivity contribution is 0.0827. The first-order valence-electron chi connectivity index (χ1n) is 14.0. The maximum absolute atomic E-state index is 12.6. The first-order chi connectivity index (χ1) is 20.9. The molecular formula is C33H31N7O3. The monoisotopic (exact) mass is 573 g/mol. The highest BCUT2D eigenvalue weighted by Crippen LogP contribution is 2.31. The number of aromatic nitrogens is 3. The Morgan fingerprint density at radius 2 is 1.49 bits per heavy atom. The second kappa shape index (κ2) is 12.3. The summed E-state index contributed by atoms with van der Waals surface area (Å²) in [7, 11) is 3.39. The van der Waals surface area contributed by atoms with Crippen molar-refractivity contribution in [2.75, 3.05) is 55.9 Å². The molecule has 216 valence electrons. The summed E-state index contributed by atoms with van der Waals surface area (Å²) in [6.45, 7) is 2.80. The van der Waals surface area contributed by atoms with Crippen LogP contribution in [0.3, 0.4) is 0 Å². The Morgan fingerprint density at radius 1 is 0.814 bits per heavy atom. The number of urea groups is 1. The van der Waals surface area contributed by atoms with E-state index in [0.717, 1.165) is 46.5 Å². The Labute approximate surface area is 249 Å². The van der Waals surface area contributed by atoms with Crippen LogP contribution in [0.5, 0.6) is 0 Å². The fourth-order valence-electron chi connectivity index (χ4n) is 4.92. The maximum Gasteiger partial charge on any atom is 0.323 e. The van der Waals surface area contributed by atoms with Crippen molar-refractivity contribution in [1.82, 2.24) is 19.9 Å². The van der Waals surface area contributed by atoms with Gasteiger partial charge in [0.05, 0.1) is 18.7 Å². The SMILES string of the molecule is CN(C)C(=O)c1ccc(NC(=O)Nc2ccc(-c3nc(N4CCOCC4)c4ccc(-c5cccnc5)cc4n3)cc2)cc1. The van der Waals surface area contributed by atoms with Crippen molar-refractivity contribution in [2.45, 2.75) is 0 Å². The number of hydrogen-bond donors (Lipinski definition) is 2. The Bertz CT molecular complexity index is 1750. The van der Waals surface area contributed by atoms with Gasteiger partial charge in [-0.1, -0.05) is 12.1 Å². The smallest absolute Gasteiger partial charge is 0.323 e. The minimum Gasteiger partial charge on any atom is -0.378 e. The van der Waals surface area contributed by atoms with E-state index in [1.54, 1.807) is 44.6 Å². The van der Waals surface area contributed by atoms with Crippen LogP contribution in [0.4, 0.5) is 22.0 Å². The molecule has 3 aromatic carbocycles. The molecule has 0 radical (unpaired) electrons. The number of benzene rings is 3. The van der Waals surface area contributed by atoms with E-state index in [4.69, 9.17) is 14.7 Å². The van der Waals surface area contributed by atoms with Crippen LogP contribution in [0.15, 0.2) is 91.3 Å². The molecule has 0 bridgehead atoms. The third-order valence-electron chi connectivity index (χ3n) is 7.18. The number of rotatable bonds is 6. The van der Waals surface area contributed by atoms with Crippen molar-refractivity contribution >= 4 is 40.0 Å². The summed E-state index contributed by atoms with van der Waals surface area (Å²) >= 11 is 0. The van der Waals surface area contributed by atoms with Crippen molar-refractivity contribution in [2.24, 2.45) is 0 Å². The minimum absolute atomic E-state index is 0.0996. The number of carbonyl (C=O) groups is 2. The van der Waals surface area contributed by atoms with Crippen molar-refractivity contribution < 1.29 is 14.3 Å². The highest BCUT2D eigenvalue weighted by Gasteiger charge is 2.19. The Morgan fingerprint density at radius 3 is 2.14 bits per heavy atom. The zero-order chi connectivity index (χ0) is 29.8. The molecule has 6 rings (SSSR count). The number of hydrogen-bond acceptors (Lipinski definition) is 7. The number of nitrogens with one attached hydrogen (secondary N) is 2. The number of fused-ring (bicyclic) bond motifs is 1. The van der Waals surface area contributed by atoms with Gasteiger partial charge in [0.2, 0.25) is 0 Å². The lowest BCUT2D eigenvalue weighted by atomic mass is 10.0. The average Bonchev–Trinajstić information content (AvgIpc) is 3.05. The summed E-state index contributed by atoms with van der Waals surface area (Å²) in [6, 6.07) is 24.0. The molecule has 10 nitrogen and oxygen atoms in total. The molecule has 43 heavy (non-hydrogen) atoms. The molecule has 0 unspecified atom stereocenters. The van der Waals surface area contributed by atoms with Crippen molar-refractivity contribution in [1.29, 1.82) is 0 Å². The van der Waals surface area contributed by atoms with Gasteiger partial charge in [0, 0.05) is 73.0 Å². The first kappa shape index (κ1) is 27.8. The minimum atomic E-state index is -0.390. The highest BCUT2D eigenvalue weighted by molar-refractivity contribution is 6.00. The van der Waals surface area contributed by atoms with Crippen LogP contribution in [0.25, 0.3) is 33.4 Å². The molecule has 3 amide bonds. The molecule has 1 aliphatic rings.